The smallest absolute Gasteiger partial charge is 0.254 e. The minimum absolute atomic E-state index is 0.0260. The van der Waals surface area contributed by atoms with Gasteiger partial charge in [0.2, 0.25) is 5.91 Å². The van der Waals surface area contributed by atoms with Gasteiger partial charge in [-0.15, -0.1) is 0 Å². The Morgan fingerprint density at radius 2 is 1.90 bits per heavy atom. The van der Waals surface area contributed by atoms with Gasteiger partial charge in [0.15, 0.2) is 5.16 Å². The lowest BCUT2D eigenvalue weighted by atomic mass is 10.2. The van der Waals surface area contributed by atoms with Crippen molar-refractivity contribution in [1.82, 2.24) is 19.4 Å². The van der Waals surface area contributed by atoms with Crippen LogP contribution in [0.2, 0.25) is 0 Å². The van der Waals surface area contributed by atoms with Gasteiger partial charge in [0.25, 0.3) is 5.56 Å². The lowest BCUT2D eigenvalue weighted by Crippen LogP contribution is -2.48. The molecule has 2 heterocycles. The minimum atomic E-state index is -0.0260. The summed E-state index contributed by atoms with van der Waals surface area (Å²) < 4.78 is 1.58. The number of thioether (sulfide) groups is 1. The van der Waals surface area contributed by atoms with E-state index < -0.39 is 0 Å². The highest BCUT2D eigenvalue weighted by Crippen LogP contribution is 2.16. The second kappa shape index (κ2) is 11.9. The van der Waals surface area contributed by atoms with E-state index in [4.69, 9.17) is 0 Å². The van der Waals surface area contributed by atoms with Gasteiger partial charge in [0.05, 0.1) is 0 Å². The van der Waals surface area contributed by atoms with Crippen molar-refractivity contribution in [2.24, 2.45) is 7.05 Å². The zero-order chi connectivity index (χ0) is 22.1. The molecule has 0 atom stereocenters. The molecule has 1 amide bonds. The number of aryl methyl sites for hydroxylation is 1. The second-order valence-corrected chi connectivity index (χ2v) is 8.79. The summed E-state index contributed by atoms with van der Waals surface area (Å²) in [6.07, 6.45) is 6.42. The summed E-state index contributed by atoms with van der Waals surface area (Å²) in [4.78, 5) is 33.4. The molecule has 1 saturated heterocycles. The SMILES string of the molecule is CCc1cc(=O)n(C)c(SCCCC(=O)N2CCN(C/C=C/c3ccccc3)CC2)n1. The predicted molar refractivity (Wildman–Crippen MR) is 127 cm³/mol. The van der Waals surface area contributed by atoms with Crippen LogP contribution in [0, 0.1) is 0 Å². The van der Waals surface area contributed by atoms with Gasteiger partial charge < -0.3 is 4.90 Å². The van der Waals surface area contributed by atoms with Crippen LogP contribution in [0.25, 0.3) is 6.08 Å². The maximum Gasteiger partial charge on any atom is 0.254 e. The Hall–Kier alpha value is -2.38. The number of hydrogen-bond donors (Lipinski definition) is 0. The standard InChI is InChI=1S/C24H32N4O2S/c1-3-21-19-23(30)26(2)24(25-21)31-18-8-12-22(29)28-16-14-27(15-17-28)13-7-11-20-9-5-4-6-10-20/h4-7,9-11,19H,3,8,12-18H2,1-2H3/b11-7+. The molecule has 2 aromatic rings. The molecule has 1 aromatic carbocycles. The van der Waals surface area contributed by atoms with Gasteiger partial charge in [0, 0.05) is 63.7 Å². The largest absolute Gasteiger partial charge is 0.340 e. The van der Waals surface area contributed by atoms with E-state index in [1.54, 1.807) is 29.4 Å². The number of nitrogens with zero attached hydrogens (tertiary/aromatic N) is 4. The Bertz CT molecular complexity index is 934. The van der Waals surface area contributed by atoms with Gasteiger partial charge >= 0.3 is 0 Å². The molecular formula is C24H32N4O2S. The average Bonchev–Trinajstić information content (AvgIpc) is 2.80. The third kappa shape index (κ3) is 7.08. The van der Waals surface area contributed by atoms with Crippen LogP contribution >= 0.6 is 11.8 Å². The van der Waals surface area contributed by atoms with Crippen molar-refractivity contribution >= 4 is 23.7 Å². The summed E-state index contributed by atoms with van der Waals surface area (Å²) in [5.41, 5.74) is 2.01. The van der Waals surface area contributed by atoms with Crippen LogP contribution in [0.1, 0.15) is 31.0 Å². The van der Waals surface area contributed by atoms with Gasteiger partial charge in [-0.3, -0.25) is 19.1 Å². The highest BCUT2D eigenvalue weighted by Gasteiger charge is 2.20. The molecule has 3 rings (SSSR count). The Morgan fingerprint density at radius 3 is 2.61 bits per heavy atom. The topological polar surface area (TPSA) is 58.4 Å². The molecule has 1 aromatic heterocycles. The molecule has 1 aliphatic heterocycles. The number of carbonyl (C=O) groups excluding carboxylic acids is 1. The fraction of sp³-hybridized carbons (Fsp3) is 0.458. The van der Waals surface area contributed by atoms with Crippen molar-refractivity contribution in [3.63, 3.8) is 0 Å². The fourth-order valence-corrected chi connectivity index (χ4v) is 4.44. The molecule has 6 nitrogen and oxygen atoms in total. The number of benzene rings is 1. The van der Waals surface area contributed by atoms with Crippen molar-refractivity contribution in [2.75, 3.05) is 38.5 Å². The number of piperazine rings is 1. The van der Waals surface area contributed by atoms with E-state index in [2.05, 4.69) is 34.2 Å². The molecule has 0 aliphatic carbocycles. The highest BCUT2D eigenvalue weighted by molar-refractivity contribution is 7.99. The van der Waals surface area contributed by atoms with Crippen molar-refractivity contribution in [3.05, 3.63) is 64.1 Å². The molecule has 1 aliphatic rings. The molecule has 0 spiro atoms. The van der Waals surface area contributed by atoms with Crippen molar-refractivity contribution in [2.45, 2.75) is 31.3 Å². The Labute approximate surface area is 189 Å². The molecule has 31 heavy (non-hydrogen) atoms. The quantitative estimate of drug-likeness (QED) is 0.341. The molecule has 0 N–H and O–H groups in total. The van der Waals surface area contributed by atoms with Gasteiger partial charge in [-0.1, -0.05) is 61.2 Å². The predicted octanol–water partition coefficient (Wildman–Crippen LogP) is 3.07. The number of aromatic nitrogens is 2. The van der Waals surface area contributed by atoms with E-state index in [1.807, 2.05) is 30.0 Å². The van der Waals surface area contributed by atoms with Gasteiger partial charge in [0.1, 0.15) is 0 Å². The van der Waals surface area contributed by atoms with Gasteiger partial charge in [-0.2, -0.15) is 0 Å². The Morgan fingerprint density at radius 1 is 1.16 bits per heavy atom. The lowest BCUT2D eigenvalue weighted by Gasteiger charge is -2.34. The molecule has 0 radical (unpaired) electrons. The summed E-state index contributed by atoms with van der Waals surface area (Å²) in [5, 5.41) is 0.731. The first kappa shape index (κ1) is 23.3. The first-order valence-electron chi connectivity index (χ1n) is 11.0. The van der Waals surface area contributed by atoms with Crippen molar-refractivity contribution in [1.29, 1.82) is 0 Å². The number of rotatable bonds is 9. The average molecular weight is 441 g/mol. The zero-order valence-electron chi connectivity index (χ0n) is 18.5. The van der Waals surface area contributed by atoms with Crippen LogP contribution in [0.3, 0.4) is 0 Å². The van der Waals surface area contributed by atoms with Gasteiger partial charge in [-0.05, 0) is 18.4 Å². The van der Waals surface area contributed by atoms with Crippen LogP contribution in [0.5, 0.6) is 0 Å². The van der Waals surface area contributed by atoms with Gasteiger partial charge in [-0.25, -0.2) is 4.98 Å². The molecule has 0 saturated carbocycles. The monoisotopic (exact) mass is 440 g/mol. The first-order valence-corrected chi connectivity index (χ1v) is 12.0. The third-order valence-electron chi connectivity index (χ3n) is 5.47. The van der Waals surface area contributed by atoms with Crippen LogP contribution < -0.4 is 5.56 Å². The van der Waals surface area contributed by atoms with E-state index in [1.165, 1.54) is 5.56 Å². The molecule has 166 valence electrons. The van der Waals surface area contributed by atoms with E-state index in [0.29, 0.717) is 6.42 Å². The normalized spacial score (nSPS) is 15.0. The third-order valence-corrected chi connectivity index (χ3v) is 6.59. The molecule has 1 fully saturated rings. The van der Waals surface area contributed by atoms with E-state index in [-0.39, 0.29) is 11.5 Å². The van der Waals surface area contributed by atoms with E-state index in [0.717, 1.165) is 62.2 Å². The van der Waals surface area contributed by atoms with Crippen LogP contribution in [-0.2, 0) is 18.3 Å². The fourth-order valence-electron chi connectivity index (χ4n) is 3.50. The summed E-state index contributed by atoms with van der Waals surface area (Å²) in [5.74, 6) is 1.01. The highest BCUT2D eigenvalue weighted by atomic mass is 32.2. The van der Waals surface area contributed by atoms with Crippen molar-refractivity contribution in [3.8, 4) is 0 Å². The first-order chi connectivity index (χ1) is 15.1. The summed E-state index contributed by atoms with van der Waals surface area (Å²) in [6, 6.07) is 11.9. The van der Waals surface area contributed by atoms with E-state index >= 15 is 0 Å². The minimum Gasteiger partial charge on any atom is -0.340 e. The Kier molecular flexibility index (Phi) is 8.91. The zero-order valence-corrected chi connectivity index (χ0v) is 19.3. The Balaban J connectivity index is 1.35. The summed E-state index contributed by atoms with van der Waals surface area (Å²) in [6.45, 7) is 6.31. The maximum atomic E-state index is 12.5. The molecule has 7 heteroatoms. The molecule has 0 unspecified atom stereocenters. The second-order valence-electron chi connectivity index (χ2n) is 7.73. The molecule has 0 bridgehead atoms. The molecular weight excluding hydrogens is 408 g/mol. The van der Waals surface area contributed by atoms with E-state index in [9.17, 15) is 9.59 Å². The lowest BCUT2D eigenvalue weighted by molar-refractivity contribution is -0.132. The number of carbonyl (C=O) groups is 1. The van der Waals surface area contributed by atoms with Crippen molar-refractivity contribution < 1.29 is 4.79 Å². The van der Waals surface area contributed by atoms with Crippen LogP contribution in [0.4, 0.5) is 0 Å². The summed E-state index contributed by atoms with van der Waals surface area (Å²) >= 11 is 1.55. The number of hydrogen-bond acceptors (Lipinski definition) is 5. The summed E-state index contributed by atoms with van der Waals surface area (Å²) in [7, 11) is 1.75. The maximum absolute atomic E-state index is 12.5. The van der Waals surface area contributed by atoms with Crippen LogP contribution in [0.15, 0.2) is 52.4 Å². The van der Waals surface area contributed by atoms with Crippen LogP contribution in [-0.4, -0.2) is 63.7 Å². The number of amides is 1.